The molecule has 5 heteroatoms. The lowest BCUT2D eigenvalue weighted by Gasteiger charge is -2.11. The summed E-state index contributed by atoms with van der Waals surface area (Å²) < 4.78 is 7.14. The Morgan fingerprint density at radius 1 is 0.429 bits per heavy atom. The van der Waals surface area contributed by atoms with Crippen molar-refractivity contribution in [2.45, 2.75) is 0 Å². The second-order valence-electron chi connectivity index (χ2n) is 12.4. The van der Waals surface area contributed by atoms with Gasteiger partial charge in [-0.2, -0.15) is 10.5 Å². The minimum Gasteiger partial charge on any atom is -0.309 e. The van der Waals surface area contributed by atoms with E-state index in [0.717, 1.165) is 38.9 Å². The van der Waals surface area contributed by atoms with Gasteiger partial charge in [0, 0.05) is 58.7 Å². The molecule has 0 aliphatic heterocycles. The monoisotopic (exact) mass is 640 g/mol. The largest absolute Gasteiger partial charge is 0.309 e. The van der Waals surface area contributed by atoms with Crippen LogP contribution in [0.3, 0.4) is 0 Å². The number of aromatic nitrogens is 2. The Bertz CT molecular complexity index is 3030. The first-order chi connectivity index (χ1) is 24.2. The average Bonchev–Trinajstić information content (AvgIpc) is 3.81. The van der Waals surface area contributed by atoms with Crippen LogP contribution >= 0.6 is 11.3 Å². The van der Waals surface area contributed by atoms with Crippen LogP contribution in [0.2, 0.25) is 0 Å². The van der Waals surface area contributed by atoms with Gasteiger partial charge in [0.15, 0.2) is 0 Å². The standard InChI is InChI=1S/C44H24N4S/c45-25-28-8-7-12-31(38(28)26-46)27-16-20-43-36(22-27)37-24-30(18-21-44(37)49-43)48-41-15-6-3-11-34(41)35-23-29(17-19-42(35)48)47-39-13-4-1-9-32(39)33-10-2-5-14-40(33)47/h1-24H. The number of benzene rings is 7. The maximum absolute atomic E-state index is 9.91. The van der Waals surface area contributed by atoms with E-state index in [2.05, 4.69) is 149 Å². The van der Waals surface area contributed by atoms with E-state index >= 15 is 0 Å². The Kier molecular flexibility index (Phi) is 5.84. The molecule has 7 aromatic carbocycles. The van der Waals surface area contributed by atoms with Crippen molar-refractivity contribution in [3.8, 4) is 34.6 Å². The van der Waals surface area contributed by atoms with Gasteiger partial charge in [-0.05, 0) is 78.4 Å². The highest BCUT2D eigenvalue weighted by Crippen LogP contribution is 2.41. The van der Waals surface area contributed by atoms with E-state index in [-0.39, 0.29) is 0 Å². The van der Waals surface area contributed by atoms with Gasteiger partial charge in [-0.1, -0.05) is 72.8 Å². The predicted molar refractivity (Wildman–Crippen MR) is 203 cm³/mol. The Hall–Kier alpha value is -6.66. The zero-order valence-electron chi connectivity index (χ0n) is 26.1. The van der Waals surface area contributed by atoms with Crippen LogP contribution in [0.4, 0.5) is 0 Å². The number of para-hydroxylation sites is 3. The Balaban J connectivity index is 1.19. The third-order valence-corrected chi connectivity index (χ3v) is 11.0. The van der Waals surface area contributed by atoms with Gasteiger partial charge in [0.25, 0.3) is 0 Å². The lowest BCUT2D eigenvalue weighted by molar-refractivity contribution is 1.17. The molecule has 3 heterocycles. The summed E-state index contributed by atoms with van der Waals surface area (Å²) >= 11 is 1.77. The van der Waals surface area contributed by atoms with E-state index < -0.39 is 0 Å². The Labute approximate surface area is 285 Å². The molecule has 0 unspecified atom stereocenters. The lowest BCUT2D eigenvalue weighted by Crippen LogP contribution is -1.95. The molecule has 0 bridgehead atoms. The normalized spacial score (nSPS) is 11.6. The van der Waals surface area contributed by atoms with Gasteiger partial charge in [0.05, 0.1) is 33.2 Å². The molecule has 10 rings (SSSR count). The van der Waals surface area contributed by atoms with Crippen molar-refractivity contribution >= 4 is 75.1 Å². The number of nitriles is 2. The third kappa shape index (κ3) is 3.95. The first-order valence-corrected chi connectivity index (χ1v) is 17.0. The highest BCUT2D eigenvalue weighted by molar-refractivity contribution is 7.25. The Morgan fingerprint density at radius 3 is 1.59 bits per heavy atom. The van der Waals surface area contributed by atoms with Gasteiger partial charge >= 0.3 is 0 Å². The highest BCUT2D eigenvalue weighted by Gasteiger charge is 2.18. The van der Waals surface area contributed by atoms with Gasteiger partial charge in [0.2, 0.25) is 0 Å². The summed E-state index contributed by atoms with van der Waals surface area (Å²) in [5, 5.41) is 26.8. The van der Waals surface area contributed by atoms with Crippen LogP contribution in [0.5, 0.6) is 0 Å². The number of nitrogens with zero attached hydrogens (tertiary/aromatic N) is 4. The van der Waals surface area contributed by atoms with E-state index in [1.807, 2.05) is 12.1 Å². The lowest BCUT2D eigenvalue weighted by atomic mass is 9.95. The number of thiophene rings is 1. The van der Waals surface area contributed by atoms with Crippen molar-refractivity contribution in [3.05, 3.63) is 157 Å². The van der Waals surface area contributed by atoms with Crippen molar-refractivity contribution in [1.29, 1.82) is 10.5 Å². The third-order valence-electron chi connectivity index (χ3n) is 9.81. The quantitative estimate of drug-likeness (QED) is 0.193. The minimum atomic E-state index is 0.394. The summed E-state index contributed by atoms with van der Waals surface area (Å²) in [5.74, 6) is 0. The van der Waals surface area contributed by atoms with E-state index in [9.17, 15) is 10.5 Å². The van der Waals surface area contributed by atoms with E-state index in [0.29, 0.717) is 11.1 Å². The molecule has 0 spiro atoms. The SMILES string of the molecule is N#Cc1cccc(-c2ccc3sc4ccc(-n5c6ccccc6c6cc(-n7c8ccccc8c8ccccc87)ccc65)cc4c3c2)c1C#N. The molecule has 0 saturated carbocycles. The molecule has 0 radical (unpaired) electrons. The molecular formula is C44H24N4S. The van der Waals surface area contributed by atoms with Crippen LogP contribution in [0, 0.1) is 22.7 Å². The minimum absolute atomic E-state index is 0.394. The van der Waals surface area contributed by atoms with Gasteiger partial charge in [-0.15, -0.1) is 11.3 Å². The molecule has 4 nitrogen and oxygen atoms in total. The molecule has 0 amide bonds. The van der Waals surface area contributed by atoms with Crippen molar-refractivity contribution < 1.29 is 0 Å². The van der Waals surface area contributed by atoms with Gasteiger partial charge in [-0.3, -0.25) is 0 Å². The molecule has 0 N–H and O–H groups in total. The number of hydrogen-bond donors (Lipinski definition) is 0. The van der Waals surface area contributed by atoms with Crippen molar-refractivity contribution in [1.82, 2.24) is 9.13 Å². The zero-order chi connectivity index (χ0) is 32.6. The van der Waals surface area contributed by atoms with Gasteiger partial charge in [-0.25, -0.2) is 0 Å². The van der Waals surface area contributed by atoms with E-state index in [1.165, 1.54) is 47.4 Å². The number of fused-ring (bicyclic) bond motifs is 9. The molecular weight excluding hydrogens is 617 g/mol. The fraction of sp³-hybridized carbons (Fsp3) is 0. The second kappa shape index (κ2) is 10.4. The van der Waals surface area contributed by atoms with Gasteiger partial charge in [0.1, 0.15) is 12.1 Å². The fourth-order valence-corrected chi connectivity index (χ4v) is 8.72. The van der Waals surface area contributed by atoms with Gasteiger partial charge < -0.3 is 9.13 Å². The maximum Gasteiger partial charge on any atom is 0.101 e. The molecule has 49 heavy (non-hydrogen) atoms. The second-order valence-corrected chi connectivity index (χ2v) is 13.5. The van der Waals surface area contributed by atoms with Crippen molar-refractivity contribution in [2.24, 2.45) is 0 Å². The first-order valence-electron chi connectivity index (χ1n) is 16.1. The van der Waals surface area contributed by atoms with Crippen LogP contribution in [-0.4, -0.2) is 9.13 Å². The summed E-state index contributed by atoms with van der Waals surface area (Å²) in [6, 6.07) is 55.7. The van der Waals surface area contributed by atoms with E-state index in [4.69, 9.17) is 0 Å². The predicted octanol–water partition coefficient (Wildman–Crippen LogP) is 11.7. The maximum atomic E-state index is 9.91. The zero-order valence-corrected chi connectivity index (χ0v) is 26.9. The number of hydrogen-bond acceptors (Lipinski definition) is 3. The molecule has 0 saturated heterocycles. The molecule has 0 aliphatic carbocycles. The summed E-state index contributed by atoms with van der Waals surface area (Å²) in [4.78, 5) is 0. The molecule has 3 aromatic heterocycles. The molecule has 0 aliphatic rings. The first kappa shape index (κ1) is 27.5. The highest BCUT2D eigenvalue weighted by atomic mass is 32.1. The fourth-order valence-electron chi connectivity index (χ4n) is 7.66. The van der Waals surface area contributed by atoms with Crippen LogP contribution in [-0.2, 0) is 0 Å². The Morgan fingerprint density at radius 2 is 0.959 bits per heavy atom. The topological polar surface area (TPSA) is 57.4 Å². The summed E-state index contributed by atoms with van der Waals surface area (Å²) in [6.07, 6.45) is 0. The van der Waals surface area contributed by atoms with E-state index in [1.54, 1.807) is 17.4 Å². The molecule has 0 atom stereocenters. The van der Waals surface area contributed by atoms with Crippen LogP contribution in [0.15, 0.2) is 146 Å². The summed E-state index contributed by atoms with van der Waals surface area (Å²) in [7, 11) is 0. The summed E-state index contributed by atoms with van der Waals surface area (Å²) in [6.45, 7) is 0. The van der Waals surface area contributed by atoms with Crippen LogP contribution in [0.25, 0.3) is 86.3 Å². The van der Waals surface area contributed by atoms with Crippen LogP contribution in [0.1, 0.15) is 11.1 Å². The molecule has 226 valence electrons. The number of rotatable bonds is 3. The molecule has 0 fully saturated rings. The average molecular weight is 641 g/mol. The van der Waals surface area contributed by atoms with Crippen molar-refractivity contribution in [2.75, 3.05) is 0 Å². The van der Waals surface area contributed by atoms with Crippen molar-refractivity contribution in [3.63, 3.8) is 0 Å². The summed E-state index contributed by atoms with van der Waals surface area (Å²) in [5.41, 5.74) is 9.45. The van der Waals surface area contributed by atoms with Crippen LogP contribution < -0.4 is 0 Å². The smallest absolute Gasteiger partial charge is 0.101 e. The molecule has 10 aromatic rings.